The minimum absolute atomic E-state index is 0.240. The van der Waals surface area contributed by atoms with E-state index in [4.69, 9.17) is 4.74 Å². The first-order valence-electron chi connectivity index (χ1n) is 6.45. The summed E-state index contributed by atoms with van der Waals surface area (Å²) in [5, 5.41) is 3.20. The Bertz CT molecular complexity index is 543. The molecule has 0 amide bonds. The van der Waals surface area contributed by atoms with Gasteiger partial charge in [-0.05, 0) is 37.1 Å². The van der Waals surface area contributed by atoms with Crippen molar-refractivity contribution in [2.75, 3.05) is 13.2 Å². The zero-order chi connectivity index (χ0) is 13.9. The van der Waals surface area contributed by atoms with Gasteiger partial charge >= 0.3 is 0 Å². The van der Waals surface area contributed by atoms with E-state index < -0.39 is 10.0 Å². The number of hydrogen-bond acceptors (Lipinski definition) is 4. The molecule has 19 heavy (non-hydrogen) atoms. The molecule has 1 aliphatic rings. The highest BCUT2D eigenvalue weighted by atomic mass is 32.2. The monoisotopic (exact) mass is 284 g/mol. The number of nitrogens with one attached hydrogen (secondary N) is 2. The molecule has 0 spiro atoms. The van der Waals surface area contributed by atoms with Crippen molar-refractivity contribution in [3.63, 3.8) is 0 Å². The van der Waals surface area contributed by atoms with Gasteiger partial charge in [-0.25, -0.2) is 13.1 Å². The average Bonchev–Trinajstić information content (AvgIpc) is 2.82. The van der Waals surface area contributed by atoms with Gasteiger partial charge in [0.15, 0.2) is 0 Å². The maximum Gasteiger partial charge on any atom is 0.240 e. The molecule has 1 atom stereocenters. The largest absolute Gasteiger partial charge is 0.380 e. The van der Waals surface area contributed by atoms with Crippen LogP contribution in [0, 0.1) is 0 Å². The summed E-state index contributed by atoms with van der Waals surface area (Å²) in [4.78, 5) is 0.318. The molecule has 0 bridgehead atoms. The fourth-order valence-corrected chi connectivity index (χ4v) is 3.38. The Labute approximate surface area is 114 Å². The lowest BCUT2D eigenvalue weighted by molar-refractivity contribution is 0.133. The van der Waals surface area contributed by atoms with Crippen molar-refractivity contribution in [1.82, 2.24) is 10.0 Å². The van der Waals surface area contributed by atoms with Crippen LogP contribution in [0.1, 0.15) is 25.0 Å². The van der Waals surface area contributed by atoms with E-state index in [-0.39, 0.29) is 6.04 Å². The van der Waals surface area contributed by atoms with Gasteiger partial charge in [-0.3, -0.25) is 0 Å². The van der Waals surface area contributed by atoms with Crippen molar-refractivity contribution in [2.24, 2.45) is 0 Å². The van der Waals surface area contributed by atoms with Gasteiger partial charge in [-0.15, -0.1) is 0 Å². The van der Waals surface area contributed by atoms with E-state index in [0.29, 0.717) is 18.1 Å². The topological polar surface area (TPSA) is 67.4 Å². The van der Waals surface area contributed by atoms with Crippen LogP contribution in [0.3, 0.4) is 0 Å². The predicted molar refractivity (Wildman–Crippen MR) is 73.3 cm³/mol. The zero-order valence-electron chi connectivity index (χ0n) is 11.3. The summed E-state index contributed by atoms with van der Waals surface area (Å²) in [6.07, 6.45) is 0. The molecule has 1 aromatic rings. The number of fused-ring (bicyclic) bond motifs is 1. The number of rotatable bonds is 6. The highest BCUT2D eigenvalue weighted by Gasteiger charge is 2.20. The summed E-state index contributed by atoms with van der Waals surface area (Å²) in [5.41, 5.74) is 2.22. The lowest BCUT2D eigenvalue weighted by atomic mass is 10.1. The van der Waals surface area contributed by atoms with E-state index in [0.717, 1.165) is 18.7 Å². The smallest absolute Gasteiger partial charge is 0.240 e. The Morgan fingerprint density at radius 2 is 2.11 bits per heavy atom. The van der Waals surface area contributed by atoms with E-state index >= 15 is 0 Å². The molecule has 0 radical (unpaired) electrons. The Kier molecular flexibility index (Phi) is 4.57. The fourth-order valence-electron chi connectivity index (χ4n) is 2.10. The molecule has 5 nitrogen and oxygen atoms in total. The van der Waals surface area contributed by atoms with E-state index in [2.05, 4.69) is 10.0 Å². The molecule has 2 N–H and O–H groups in total. The SMILES string of the molecule is CCOCC(C)NS(=O)(=O)c1ccc2c(c1)CNC2. The van der Waals surface area contributed by atoms with Gasteiger partial charge in [0.25, 0.3) is 0 Å². The number of hydrogen-bond donors (Lipinski definition) is 2. The second kappa shape index (κ2) is 6.00. The molecule has 0 aromatic heterocycles. The quantitative estimate of drug-likeness (QED) is 0.817. The molecule has 1 aromatic carbocycles. The van der Waals surface area contributed by atoms with E-state index in [1.807, 2.05) is 13.0 Å². The molecular weight excluding hydrogens is 264 g/mol. The zero-order valence-corrected chi connectivity index (χ0v) is 12.1. The van der Waals surface area contributed by atoms with Crippen LogP contribution in [0.25, 0.3) is 0 Å². The molecule has 106 valence electrons. The van der Waals surface area contributed by atoms with Crippen LogP contribution in [0.2, 0.25) is 0 Å². The Morgan fingerprint density at radius 3 is 2.84 bits per heavy atom. The molecule has 0 aliphatic carbocycles. The van der Waals surface area contributed by atoms with Crippen molar-refractivity contribution in [1.29, 1.82) is 0 Å². The van der Waals surface area contributed by atoms with Gasteiger partial charge in [0.2, 0.25) is 10.0 Å². The van der Waals surface area contributed by atoms with Gasteiger partial charge in [-0.2, -0.15) is 0 Å². The van der Waals surface area contributed by atoms with Crippen molar-refractivity contribution in [2.45, 2.75) is 37.9 Å². The highest BCUT2D eigenvalue weighted by Crippen LogP contribution is 2.20. The molecule has 0 fully saturated rings. The second-order valence-corrected chi connectivity index (χ2v) is 6.43. The summed E-state index contributed by atoms with van der Waals surface area (Å²) in [5.74, 6) is 0. The van der Waals surface area contributed by atoms with Gasteiger partial charge in [0.1, 0.15) is 0 Å². The van der Waals surface area contributed by atoms with Crippen molar-refractivity contribution in [3.8, 4) is 0 Å². The van der Waals surface area contributed by atoms with Crippen LogP contribution < -0.4 is 10.0 Å². The summed E-state index contributed by atoms with van der Waals surface area (Å²) >= 11 is 0. The third-order valence-corrected chi connectivity index (χ3v) is 4.63. The molecule has 6 heteroatoms. The summed E-state index contributed by atoms with van der Waals surface area (Å²) in [6.45, 7) is 6.17. The Balaban J connectivity index is 2.11. The van der Waals surface area contributed by atoms with Gasteiger partial charge in [0.05, 0.1) is 11.5 Å². The first kappa shape index (κ1) is 14.5. The lowest BCUT2D eigenvalue weighted by Gasteiger charge is -2.14. The first-order chi connectivity index (χ1) is 9.03. The van der Waals surface area contributed by atoms with E-state index in [9.17, 15) is 8.42 Å². The minimum atomic E-state index is -3.47. The van der Waals surface area contributed by atoms with Crippen molar-refractivity contribution < 1.29 is 13.2 Å². The summed E-state index contributed by atoms with van der Waals surface area (Å²) < 4.78 is 32.3. The second-order valence-electron chi connectivity index (χ2n) is 4.72. The van der Waals surface area contributed by atoms with Crippen LogP contribution in [0.4, 0.5) is 0 Å². The third-order valence-electron chi connectivity index (χ3n) is 3.05. The lowest BCUT2D eigenvalue weighted by Crippen LogP contribution is -2.35. The van der Waals surface area contributed by atoms with Crippen LogP contribution >= 0.6 is 0 Å². The number of sulfonamides is 1. The van der Waals surface area contributed by atoms with Crippen LogP contribution in [-0.2, 0) is 27.8 Å². The molecule has 2 rings (SSSR count). The van der Waals surface area contributed by atoms with Crippen molar-refractivity contribution >= 4 is 10.0 Å². The van der Waals surface area contributed by atoms with Crippen LogP contribution in [0.15, 0.2) is 23.1 Å². The molecule has 1 aliphatic heterocycles. The predicted octanol–water partition coefficient (Wildman–Crippen LogP) is 0.993. The maximum absolute atomic E-state index is 12.2. The summed E-state index contributed by atoms with van der Waals surface area (Å²) in [6, 6.07) is 5.03. The van der Waals surface area contributed by atoms with E-state index in [1.165, 1.54) is 5.56 Å². The molecule has 1 unspecified atom stereocenters. The van der Waals surface area contributed by atoms with Gasteiger partial charge in [0, 0.05) is 25.7 Å². The van der Waals surface area contributed by atoms with Crippen LogP contribution in [-0.4, -0.2) is 27.7 Å². The first-order valence-corrected chi connectivity index (χ1v) is 7.94. The standard InChI is InChI=1S/C13H20N2O3S/c1-3-18-9-10(2)15-19(16,17)13-5-4-11-7-14-8-12(11)6-13/h4-6,10,14-15H,3,7-9H2,1-2H3. The van der Waals surface area contributed by atoms with Gasteiger partial charge < -0.3 is 10.1 Å². The number of benzene rings is 1. The Hall–Kier alpha value is -0.950. The van der Waals surface area contributed by atoms with Crippen LogP contribution in [0.5, 0.6) is 0 Å². The molecular formula is C13H20N2O3S. The third kappa shape index (κ3) is 3.54. The molecule has 0 saturated carbocycles. The fraction of sp³-hybridized carbons (Fsp3) is 0.538. The molecule has 0 saturated heterocycles. The average molecular weight is 284 g/mol. The Morgan fingerprint density at radius 1 is 1.37 bits per heavy atom. The van der Waals surface area contributed by atoms with E-state index in [1.54, 1.807) is 19.1 Å². The van der Waals surface area contributed by atoms with Gasteiger partial charge in [-0.1, -0.05) is 6.07 Å². The summed E-state index contributed by atoms with van der Waals surface area (Å²) in [7, 11) is -3.47. The minimum Gasteiger partial charge on any atom is -0.380 e. The normalized spacial score (nSPS) is 16.3. The van der Waals surface area contributed by atoms with Crippen molar-refractivity contribution in [3.05, 3.63) is 29.3 Å². The maximum atomic E-state index is 12.2. The highest BCUT2D eigenvalue weighted by molar-refractivity contribution is 7.89. The number of ether oxygens (including phenoxy) is 1. The molecule has 1 heterocycles.